The van der Waals surface area contributed by atoms with Crippen molar-refractivity contribution < 1.29 is 19.1 Å². The molecule has 1 aromatic carbocycles. The van der Waals surface area contributed by atoms with Crippen molar-refractivity contribution in [3.8, 4) is 5.75 Å². The molecule has 8 nitrogen and oxygen atoms in total. The predicted molar refractivity (Wildman–Crippen MR) is 107 cm³/mol. The highest BCUT2D eigenvalue weighted by atomic mass is 32.1. The number of hydrogen-bond donors (Lipinski definition) is 2. The van der Waals surface area contributed by atoms with Gasteiger partial charge in [0.15, 0.2) is 5.13 Å². The monoisotopic (exact) mass is 402 g/mol. The largest absolute Gasteiger partial charge is 0.497 e. The Morgan fingerprint density at radius 3 is 2.61 bits per heavy atom. The minimum Gasteiger partial charge on any atom is -0.497 e. The number of nitrogens with one attached hydrogen (secondary N) is 2. The fourth-order valence-electron chi connectivity index (χ4n) is 2.90. The second-order valence-electron chi connectivity index (χ2n) is 6.53. The number of aryl methyl sites for hydroxylation is 2. The number of nitrogens with zero attached hydrogens (tertiary/aromatic N) is 2. The average Bonchev–Trinajstić information content (AvgIpc) is 3.21. The van der Waals surface area contributed by atoms with Crippen molar-refractivity contribution in [2.24, 2.45) is 5.92 Å². The lowest BCUT2D eigenvalue weighted by molar-refractivity contribution is -0.127. The molecule has 0 saturated carbocycles. The van der Waals surface area contributed by atoms with Gasteiger partial charge in [0.2, 0.25) is 17.7 Å². The molecule has 0 aliphatic carbocycles. The zero-order valence-corrected chi connectivity index (χ0v) is 16.8. The van der Waals surface area contributed by atoms with Gasteiger partial charge in [-0.2, -0.15) is 0 Å². The summed E-state index contributed by atoms with van der Waals surface area (Å²) in [4.78, 5) is 43.5. The van der Waals surface area contributed by atoms with E-state index in [9.17, 15) is 14.4 Å². The van der Waals surface area contributed by atoms with Crippen molar-refractivity contribution in [1.82, 2.24) is 10.3 Å². The van der Waals surface area contributed by atoms with Gasteiger partial charge in [-0.3, -0.25) is 14.4 Å². The highest BCUT2D eigenvalue weighted by Gasteiger charge is 2.35. The van der Waals surface area contributed by atoms with Crippen LogP contribution in [0.4, 0.5) is 10.8 Å². The van der Waals surface area contributed by atoms with Crippen molar-refractivity contribution in [2.45, 2.75) is 20.3 Å². The second-order valence-corrected chi connectivity index (χ2v) is 7.73. The molecule has 1 aliphatic rings. The average molecular weight is 402 g/mol. The summed E-state index contributed by atoms with van der Waals surface area (Å²) in [5.41, 5.74) is 1.58. The minimum absolute atomic E-state index is 0.115. The molecule has 0 radical (unpaired) electrons. The number of ether oxygens (including phenoxy) is 1. The molecule has 1 aromatic heterocycles. The number of carbonyl (C=O) groups excluding carboxylic acids is 3. The first-order valence-electron chi connectivity index (χ1n) is 8.83. The van der Waals surface area contributed by atoms with Crippen molar-refractivity contribution in [3.63, 3.8) is 0 Å². The van der Waals surface area contributed by atoms with Crippen LogP contribution in [0.25, 0.3) is 0 Å². The third-order valence-corrected chi connectivity index (χ3v) is 5.57. The predicted octanol–water partition coefficient (Wildman–Crippen LogP) is 1.88. The SMILES string of the molecule is COc1ccc(N2C[C@H](C(=O)NCC(=O)Nc3nc(C)c(C)s3)CC2=O)cc1. The number of hydrogen-bond acceptors (Lipinski definition) is 6. The Morgan fingerprint density at radius 1 is 1.29 bits per heavy atom. The summed E-state index contributed by atoms with van der Waals surface area (Å²) in [7, 11) is 1.57. The maximum atomic E-state index is 12.4. The lowest BCUT2D eigenvalue weighted by atomic mass is 10.1. The van der Waals surface area contributed by atoms with E-state index >= 15 is 0 Å². The molecular weight excluding hydrogens is 380 g/mol. The van der Waals surface area contributed by atoms with Gasteiger partial charge in [-0.1, -0.05) is 0 Å². The number of amides is 3. The summed E-state index contributed by atoms with van der Waals surface area (Å²) < 4.78 is 5.11. The zero-order valence-electron chi connectivity index (χ0n) is 15.9. The molecule has 1 atom stereocenters. The standard InChI is InChI=1S/C19H22N4O4S/c1-11-12(2)28-19(21-11)22-16(24)9-20-18(26)13-8-17(25)23(10-13)14-4-6-15(27-3)7-5-14/h4-7,13H,8-10H2,1-3H3,(H,20,26)(H,21,22,24)/t13-/m1/s1. The molecule has 1 saturated heterocycles. The van der Waals surface area contributed by atoms with E-state index in [-0.39, 0.29) is 37.2 Å². The molecule has 0 bridgehead atoms. The van der Waals surface area contributed by atoms with Crippen molar-refractivity contribution >= 4 is 39.9 Å². The molecule has 3 amide bonds. The van der Waals surface area contributed by atoms with E-state index in [2.05, 4.69) is 15.6 Å². The van der Waals surface area contributed by atoms with E-state index in [1.165, 1.54) is 11.3 Å². The molecule has 0 spiro atoms. The Kier molecular flexibility index (Phi) is 5.93. The van der Waals surface area contributed by atoms with Gasteiger partial charge < -0.3 is 20.3 Å². The fraction of sp³-hybridized carbons (Fsp3) is 0.368. The van der Waals surface area contributed by atoms with Crippen LogP contribution in [0.5, 0.6) is 5.75 Å². The molecule has 2 heterocycles. The van der Waals surface area contributed by atoms with Crippen LogP contribution in [0.1, 0.15) is 17.0 Å². The van der Waals surface area contributed by atoms with Gasteiger partial charge in [0, 0.05) is 23.5 Å². The molecule has 28 heavy (non-hydrogen) atoms. The summed E-state index contributed by atoms with van der Waals surface area (Å²) >= 11 is 1.39. The van der Waals surface area contributed by atoms with E-state index in [0.29, 0.717) is 16.6 Å². The quantitative estimate of drug-likeness (QED) is 0.768. The van der Waals surface area contributed by atoms with Gasteiger partial charge in [0.25, 0.3) is 0 Å². The van der Waals surface area contributed by atoms with Crippen LogP contribution < -0.4 is 20.3 Å². The third kappa shape index (κ3) is 4.48. The molecule has 1 fully saturated rings. The highest BCUT2D eigenvalue weighted by Crippen LogP contribution is 2.27. The highest BCUT2D eigenvalue weighted by molar-refractivity contribution is 7.15. The van der Waals surface area contributed by atoms with Gasteiger partial charge >= 0.3 is 0 Å². The zero-order chi connectivity index (χ0) is 20.3. The van der Waals surface area contributed by atoms with E-state index in [1.807, 2.05) is 13.8 Å². The number of carbonyl (C=O) groups is 3. The molecule has 148 valence electrons. The Labute approximate surface area is 166 Å². The fourth-order valence-corrected chi connectivity index (χ4v) is 3.73. The van der Waals surface area contributed by atoms with Gasteiger partial charge in [-0.15, -0.1) is 11.3 Å². The van der Waals surface area contributed by atoms with Gasteiger partial charge in [0.1, 0.15) is 5.75 Å². The molecular formula is C19H22N4O4S. The first-order valence-corrected chi connectivity index (χ1v) is 9.65. The maximum absolute atomic E-state index is 12.4. The third-order valence-electron chi connectivity index (χ3n) is 4.58. The van der Waals surface area contributed by atoms with Gasteiger partial charge in [0.05, 0.1) is 25.3 Å². The number of aromatic nitrogens is 1. The minimum atomic E-state index is -0.494. The van der Waals surface area contributed by atoms with E-state index in [4.69, 9.17) is 4.74 Å². The summed E-state index contributed by atoms with van der Waals surface area (Å²) in [6.45, 7) is 3.91. The summed E-state index contributed by atoms with van der Waals surface area (Å²) in [5.74, 6) is -0.582. The topological polar surface area (TPSA) is 101 Å². The Bertz CT molecular complexity index is 874. The molecule has 0 unspecified atom stereocenters. The van der Waals surface area contributed by atoms with Gasteiger partial charge in [-0.05, 0) is 38.1 Å². The van der Waals surface area contributed by atoms with E-state index < -0.39 is 5.92 Å². The van der Waals surface area contributed by atoms with Crippen LogP contribution in [0, 0.1) is 19.8 Å². The van der Waals surface area contributed by atoms with Crippen LogP contribution in [-0.2, 0) is 14.4 Å². The molecule has 2 aromatic rings. The molecule has 3 rings (SSSR count). The lowest BCUT2D eigenvalue weighted by Crippen LogP contribution is -2.37. The normalized spacial score (nSPS) is 16.2. The first-order chi connectivity index (χ1) is 13.4. The van der Waals surface area contributed by atoms with Crippen LogP contribution in [0.15, 0.2) is 24.3 Å². The van der Waals surface area contributed by atoms with E-state index in [1.54, 1.807) is 36.3 Å². The number of thiazole rings is 1. The second kappa shape index (κ2) is 8.39. The Morgan fingerprint density at radius 2 is 2.00 bits per heavy atom. The van der Waals surface area contributed by atoms with Crippen molar-refractivity contribution in [2.75, 3.05) is 30.4 Å². The summed E-state index contributed by atoms with van der Waals surface area (Å²) in [6, 6.07) is 7.09. The number of anilines is 2. The summed E-state index contributed by atoms with van der Waals surface area (Å²) in [6.07, 6.45) is 0.115. The van der Waals surface area contributed by atoms with Crippen LogP contribution in [0.2, 0.25) is 0 Å². The van der Waals surface area contributed by atoms with Gasteiger partial charge in [-0.25, -0.2) is 4.98 Å². The van der Waals surface area contributed by atoms with Crippen LogP contribution >= 0.6 is 11.3 Å². The number of benzene rings is 1. The van der Waals surface area contributed by atoms with E-state index in [0.717, 1.165) is 10.6 Å². The van der Waals surface area contributed by atoms with Crippen LogP contribution in [0.3, 0.4) is 0 Å². The molecule has 1 aliphatic heterocycles. The smallest absolute Gasteiger partial charge is 0.245 e. The lowest BCUT2D eigenvalue weighted by Gasteiger charge is -2.17. The van der Waals surface area contributed by atoms with Crippen LogP contribution in [-0.4, -0.2) is 42.9 Å². The Hall–Kier alpha value is -2.94. The Balaban J connectivity index is 1.51. The van der Waals surface area contributed by atoms with Crippen molar-refractivity contribution in [1.29, 1.82) is 0 Å². The molecule has 9 heteroatoms. The maximum Gasteiger partial charge on any atom is 0.245 e. The molecule has 2 N–H and O–H groups in total. The summed E-state index contributed by atoms with van der Waals surface area (Å²) in [5, 5.41) is 5.78. The van der Waals surface area contributed by atoms with Crippen molar-refractivity contribution in [3.05, 3.63) is 34.8 Å². The number of methoxy groups -OCH3 is 1. The first kappa shape index (κ1) is 19.8. The number of rotatable bonds is 6.